The Hall–Kier alpha value is -1.06. The summed E-state index contributed by atoms with van der Waals surface area (Å²) < 4.78 is 5.31. The summed E-state index contributed by atoms with van der Waals surface area (Å²) in [6.07, 6.45) is 4.06. The molecular weight excluding hydrogens is 194 g/mol. The van der Waals surface area contributed by atoms with Gasteiger partial charge in [0.05, 0.1) is 6.42 Å². The molecule has 3 aliphatic heterocycles. The van der Waals surface area contributed by atoms with E-state index in [-0.39, 0.29) is 29.9 Å². The molecule has 3 heterocycles. The number of esters is 1. The quantitative estimate of drug-likeness (QED) is 0.552. The Morgan fingerprint density at radius 2 is 2.13 bits per heavy atom. The molecule has 3 aliphatic rings. The van der Waals surface area contributed by atoms with Crippen LogP contribution in [0.3, 0.4) is 0 Å². The number of hydrogen-bond donors (Lipinski definition) is 0. The molecule has 3 atom stereocenters. The molecule has 0 bridgehead atoms. The molecule has 1 amide bonds. The highest BCUT2D eigenvalue weighted by molar-refractivity contribution is 5.79. The smallest absolute Gasteiger partial charge is 0.306 e. The van der Waals surface area contributed by atoms with Gasteiger partial charge in [-0.3, -0.25) is 9.59 Å². The minimum Gasteiger partial charge on any atom is -0.462 e. The number of rotatable bonds is 0. The van der Waals surface area contributed by atoms with Crippen LogP contribution in [0.15, 0.2) is 0 Å². The zero-order valence-electron chi connectivity index (χ0n) is 8.65. The molecule has 0 radical (unpaired) electrons. The standard InChI is InChI=1S/C11H15NO3/c13-10-4-3-8-7-6-11(14)15-9(7)2-1-5-12(8)10/h7-9H,1-6H2/t7?,8-,9+/m0/s1. The van der Waals surface area contributed by atoms with Crippen LogP contribution in [0, 0.1) is 5.92 Å². The molecule has 82 valence electrons. The Balaban J connectivity index is 1.87. The van der Waals surface area contributed by atoms with E-state index in [4.69, 9.17) is 4.74 Å². The van der Waals surface area contributed by atoms with Crippen molar-refractivity contribution in [2.45, 2.75) is 44.2 Å². The lowest BCUT2D eigenvalue weighted by molar-refractivity contribution is -0.141. The first kappa shape index (κ1) is 9.19. The number of amides is 1. The highest BCUT2D eigenvalue weighted by atomic mass is 16.5. The van der Waals surface area contributed by atoms with Crippen molar-refractivity contribution in [3.63, 3.8) is 0 Å². The van der Waals surface area contributed by atoms with E-state index >= 15 is 0 Å². The summed E-state index contributed by atoms with van der Waals surface area (Å²) in [6, 6.07) is 0.274. The molecule has 0 N–H and O–H groups in total. The maximum atomic E-state index is 11.6. The zero-order chi connectivity index (χ0) is 10.4. The van der Waals surface area contributed by atoms with E-state index in [0.29, 0.717) is 12.8 Å². The van der Waals surface area contributed by atoms with E-state index < -0.39 is 0 Å². The molecule has 0 saturated carbocycles. The summed E-state index contributed by atoms with van der Waals surface area (Å²) in [4.78, 5) is 24.9. The second-order valence-corrected chi connectivity index (χ2v) is 4.73. The van der Waals surface area contributed by atoms with Crippen molar-refractivity contribution < 1.29 is 14.3 Å². The second kappa shape index (κ2) is 3.22. The Bertz CT molecular complexity index is 315. The Morgan fingerprint density at radius 1 is 1.27 bits per heavy atom. The molecule has 0 aromatic heterocycles. The molecule has 3 saturated heterocycles. The monoisotopic (exact) mass is 209 g/mol. The van der Waals surface area contributed by atoms with Gasteiger partial charge in [-0.15, -0.1) is 0 Å². The highest BCUT2D eigenvalue weighted by Crippen LogP contribution is 2.38. The van der Waals surface area contributed by atoms with Gasteiger partial charge >= 0.3 is 5.97 Å². The van der Waals surface area contributed by atoms with Crippen LogP contribution in [0.1, 0.15) is 32.1 Å². The van der Waals surface area contributed by atoms with Crippen LogP contribution in [0.4, 0.5) is 0 Å². The van der Waals surface area contributed by atoms with Gasteiger partial charge in [0.25, 0.3) is 0 Å². The summed E-state index contributed by atoms with van der Waals surface area (Å²) >= 11 is 0. The number of carbonyl (C=O) groups excluding carboxylic acids is 2. The van der Waals surface area contributed by atoms with E-state index in [1.54, 1.807) is 0 Å². The maximum Gasteiger partial charge on any atom is 0.306 e. The van der Waals surface area contributed by atoms with E-state index in [1.807, 2.05) is 4.90 Å². The molecule has 3 fully saturated rings. The topological polar surface area (TPSA) is 46.6 Å². The molecule has 0 spiro atoms. The minimum atomic E-state index is -0.0776. The fourth-order valence-electron chi connectivity index (χ4n) is 3.24. The lowest BCUT2D eigenvalue weighted by Gasteiger charge is -2.27. The lowest BCUT2D eigenvalue weighted by atomic mass is 9.90. The average Bonchev–Trinajstić information content (AvgIpc) is 2.68. The van der Waals surface area contributed by atoms with Crippen LogP contribution >= 0.6 is 0 Å². The van der Waals surface area contributed by atoms with Gasteiger partial charge in [0.1, 0.15) is 6.10 Å². The van der Waals surface area contributed by atoms with Crippen molar-refractivity contribution in [1.29, 1.82) is 0 Å². The predicted octanol–water partition coefficient (Wildman–Crippen LogP) is 0.703. The first-order valence-corrected chi connectivity index (χ1v) is 5.74. The number of carbonyl (C=O) groups is 2. The van der Waals surface area contributed by atoms with E-state index in [0.717, 1.165) is 25.8 Å². The summed E-state index contributed by atoms with van der Waals surface area (Å²) in [5.41, 5.74) is 0. The molecule has 0 aromatic carbocycles. The number of ether oxygens (including phenoxy) is 1. The van der Waals surface area contributed by atoms with E-state index in [9.17, 15) is 9.59 Å². The van der Waals surface area contributed by atoms with Crippen molar-refractivity contribution in [2.75, 3.05) is 6.54 Å². The zero-order valence-corrected chi connectivity index (χ0v) is 8.65. The average molecular weight is 209 g/mol. The van der Waals surface area contributed by atoms with Crippen LogP contribution in [0.5, 0.6) is 0 Å². The first-order chi connectivity index (χ1) is 7.25. The molecule has 4 nitrogen and oxygen atoms in total. The Kier molecular flexibility index (Phi) is 1.97. The molecule has 0 aromatic rings. The summed E-state index contributed by atoms with van der Waals surface area (Å²) in [6.45, 7) is 0.855. The highest BCUT2D eigenvalue weighted by Gasteiger charge is 2.47. The summed E-state index contributed by atoms with van der Waals surface area (Å²) in [5.74, 6) is 0.456. The van der Waals surface area contributed by atoms with Gasteiger partial charge in [0.2, 0.25) is 5.91 Å². The van der Waals surface area contributed by atoms with Crippen LogP contribution in [-0.4, -0.2) is 35.5 Å². The van der Waals surface area contributed by atoms with Gasteiger partial charge in [-0.25, -0.2) is 0 Å². The van der Waals surface area contributed by atoms with Crippen LogP contribution in [0.25, 0.3) is 0 Å². The van der Waals surface area contributed by atoms with Gasteiger partial charge in [-0.05, 0) is 19.3 Å². The second-order valence-electron chi connectivity index (χ2n) is 4.73. The molecule has 1 unspecified atom stereocenters. The maximum absolute atomic E-state index is 11.6. The Labute approximate surface area is 88.6 Å². The molecular formula is C11H15NO3. The van der Waals surface area contributed by atoms with Gasteiger partial charge in [-0.1, -0.05) is 0 Å². The number of fused-ring (bicyclic) bond motifs is 3. The van der Waals surface area contributed by atoms with E-state index in [1.165, 1.54) is 0 Å². The third kappa shape index (κ3) is 1.34. The van der Waals surface area contributed by atoms with Gasteiger partial charge in [0, 0.05) is 24.9 Å². The molecule has 4 heteroatoms. The summed E-state index contributed by atoms with van der Waals surface area (Å²) in [5, 5.41) is 0. The normalized spacial score (nSPS) is 39.7. The first-order valence-electron chi connectivity index (χ1n) is 5.74. The van der Waals surface area contributed by atoms with Crippen molar-refractivity contribution >= 4 is 11.9 Å². The number of hydrogen-bond acceptors (Lipinski definition) is 3. The molecule has 3 rings (SSSR count). The van der Waals surface area contributed by atoms with Gasteiger partial charge < -0.3 is 9.64 Å². The number of nitrogens with zero attached hydrogens (tertiary/aromatic N) is 1. The fraction of sp³-hybridized carbons (Fsp3) is 0.818. The molecule has 0 aliphatic carbocycles. The SMILES string of the molecule is O=C1CC2[C@@H](CCCN3C(=O)CC[C@@H]23)O1. The largest absolute Gasteiger partial charge is 0.462 e. The van der Waals surface area contributed by atoms with Crippen molar-refractivity contribution in [3.8, 4) is 0 Å². The van der Waals surface area contributed by atoms with Crippen molar-refractivity contribution in [3.05, 3.63) is 0 Å². The van der Waals surface area contributed by atoms with Crippen LogP contribution < -0.4 is 0 Å². The van der Waals surface area contributed by atoms with Gasteiger partial charge in [0.15, 0.2) is 0 Å². The third-order valence-corrected chi connectivity index (χ3v) is 3.92. The summed E-state index contributed by atoms with van der Waals surface area (Å²) in [7, 11) is 0. The van der Waals surface area contributed by atoms with Gasteiger partial charge in [-0.2, -0.15) is 0 Å². The fourth-order valence-corrected chi connectivity index (χ4v) is 3.24. The van der Waals surface area contributed by atoms with E-state index in [2.05, 4.69) is 0 Å². The van der Waals surface area contributed by atoms with Crippen molar-refractivity contribution in [1.82, 2.24) is 4.90 Å². The lowest BCUT2D eigenvalue weighted by Crippen LogP contribution is -2.38. The molecule has 15 heavy (non-hydrogen) atoms. The van der Waals surface area contributed by atoms with Crippen LogP contribution in [-0.2, 0) is 14.3 Å². The van der Waals surface area contributed by atoms with Crippen LogP contribution in [0.2, 0.25) is 0 Å². The Morgan fingerprint density at radius 3 is 3.00 bits per heavy atom. The predicted molar refractivity (Wildman–Crippen MR) is 52.0 cm³/mol. The third-order valence-electron chi connectivity index (χ3n) is 3.92. The minimum absolute atomic E-state index is 0.0776. The van der Waals surface area contributed by atoms with Crippen molar-refractivity contribution in [2.24, 2.45) is 5.92 Å².